The summed E-state index contributed by atoms with van der Waals surface area (Å²) in [5.41, 5.74) is 0.620. The fraction of sp³-hybridized carbons (Fsp3) is 0.375. The van der Waals surface area contributed by atoms with Crippen molar-refractivity contribution < 1.29 is 28.2 Å². The van der Waals surface area contributed by atoms with E-state index in [0.717, 1.165) is 0 Å². The van der Waals surface area contributed by atoms with E-state index < -0.39 is 24.1 Å². The number of halogens is 1. The van der Waals surface area contributed by atoms with E-state index in [1.54, 1.807) is 11.0 Å². The van der Waals surface area contributed by atoms with Crippen LogP contribution in [-0.4, -0.2) is 69.3 Å². The van der Waals surface area contributed by atoms with E-state index >= 15 is 0 Å². The molecule has 0 saturated carbocycles. The summed E-state index contributed by atoms with van der Waals surface area (Å²) in [5, 5.41) is 7.54. The molecule has 0 unspecified atom stereocenters. The normalized spacial score (nSPS) is 19.1. The highest BCUT2D eigenvalue weighted by atomic mass is 19.1. The predicted molar refractivity (Wildman–Crippen MR) is 93.0 cm³/mol. The Morgan fingerprint density at radius 2 is 2.30 bits per heavy atom. The van der Waals surface area contributed by atoms with Gasteiger partial charge >= 0.3 is 12.2 Å². The summed E-state index contributed by atoms with van der Waals surface area (Å²) in [5.74, 6) is -0.539. The smallest absolute Gasteiger partial charge is 0.414 e. The van der Waals surface area contributed by atoms with Gasteiger partial charge in [-0.1, -0.05) is 0 Å². The van der Waals surface area contributed by atoms with Crippen LogP contribution >= 0.6 is 0 Å². The maximum atomic E-state index is 14.6. The lowest BCUT2D eigenvalue weighted by molar-refractivity contribution is -0.118. The van der Waals surface area contributed by atoms with Crippen LogP contribution in [0.25, 0.3) is 0 Å². The van der Waals surface area contributed by atoms with Gasteiger partial charge in [0.25, 0.3) is 0 Å². The molecule has 0 spiro atoms. The number of amides is 3. The minimum absolute atomic E-state index is 0.0902. The molecule has 11 heteroatoms. The van der Waals surface area contributed by atoms with Crippen LogP contribution < -0.4 is 15.1 Å². The number of hydrogen-bond donors (Lipinski definition) is 1. The number of alkyl carbamates (subject to hydrolysis) is 1. The van der Waals surface area contributed by atoms with Crippen LogP contribution in [0.1, 0.15) is 0 Å². The summed E-state index contributed by atoms with van der Waals surface area (Å²) in [6, 6.07) is 4.35. The molecule has 2 aliphatic heterocycles. The van der Waals surface area contributed by atoms with E-state index in [1.165, 1.54) is 35.5 Å². The summed E-state index contributed by atoms with van der Waals surface area (Å²) in [7, 11) is 1.23. The minimum Gasteiger partial charge on any atom is -0.453 e. The molecule has 1 N–H and O–H groups in total. The zero-order valence-corrected chi connectivity index (χ0v) is 14.5. The van der Waals surface area contributed by atoms with Crippen LogP contribution in [0.4, 0.5) is 25.4 Å². The van der Waals surface area contributed by atoms with Crippen LogP contribution in [0, 0.1) is 5.82 Å². The van der Waals surface area contributed by atoms with Gasteiger partial charge in [-0.25, -0.2) is 19.0 Å². The van der Waals surface area contributed by atoms with Gasteiger partial charge in [0.15, 0.2) is 0 Å². The number of methoxy groups -OCH3 is 1. The molecule has 0 bridgehead atoms. The molecule has 1 fully saturated rings. The van der Waals surface area contributed by atoms with E-state index in [9.17, 15) is 18.8 Å². The van der Waals surface area contributed by atoms with E-state index in [2.05, 4.69) is 15.2 Å². The molecule has 3 rings (SSSR count). The molecule has 27 heavy (non-hydrogen) atoms. The van der Waals surface area contributed by atoms with Gasteiger partial charge in [0.2, 0.25) is 6.41 Å². The quantitative estimate of drug-likeness (QED) is 0.757. The molecular formula is C16H18FN5O5. The van der Waals surface area contributed by atoms with Crippen LogP contribution in [0.2, 0.25) is 0 Å². The standard InChI is InChI=1S/C16H18FN5O5/c1-26-15(24)18-7-12-8-22(16(25)27-12)11-2-3-14(13(17)6-11)20-4-5-21(10-23)19-9-20/h2-3,6,9-10,12H,4-5,7-8H2,1H3,(H,18,24)/t12-/m0/s1. The van der Waals surface area contributed by atoms with Crippen molar-refractivity contribution in [3.63, 3.8) is 0 Å². The van der Waals surface area contributed by atoms with Gasteiger partial charge < -0.3 is 19.7 Å². The van der Waals surface area contributed by atoms with Crippen LogP contribution in [0.3, 0.4) is 0 Å². The van der Waals surface area contributed by atoms with E-state index in [1.807, 2.05) is 0 Å². The number of ether oxygens (including phenoxy) is 2. The first-order chi connectivity index (χ1) is 13.0. The van der Waals surface area contributed by atoms with Gasteiger partial charge in [-0.3, -0.25) is 9.69 Å². The van der Waals surface area contributed by atoms with Crippen LogP contribution in [0.5, 0.6) is 0 Å². The van der Waals surface area contributed by atoms with Crippen molar-refractivity contribution in [3.05, 3.63) is 24.0 Å². The van der Waals surface area contributed by atoms with Crippen molar-refractivity contribution in [2.45, 2.75) is 6.10 Å². The lowest BCUT2D eigenvalue weighted by atomic mass is 10.2. The van der Waals surface area contributed by atoms with Gasteiger partial charge in [0.05, 0.1) is 38.1 Å². The molecular weight excluding hydrogens is 361 g/mol. The molecule has 1 atom stereocenters. The number of carbonyl (C=O) groups excluding carboxylic acids is 3. The number of cyclic esters (lactones) is 1. The number of rotatable bonds is 5. The molecule has 3 amide bonds. The highest BCUT2D eigenvalue weighted by Gasteiger charge is 2.33. The molecule has 144 valence electrons. The third-order valence-corrected chi connectivity index (χ3v) is 4.12. The predicted octanol–water partition coefficient (Wildman–Crippen LogP) is 0.729. The molecule has 1 aromatic rings. The Kier molecular flexibility index (Phi) is 5.38. The molecule has 2 heterocycles. The number of benzene rings is 1. The summed E-state index contributed by atoms with van der Waals surface area (Å²) >= 11 is 0. The van der Waals surface area contributed by atoms with Crippen molar-refractivity contribution in [1.29, 1.82) is 0 Å². The number of hydrogen-bond acceptors (Lipinski definition) is 7. The van der Waals surface area contributed by atoms with Gasteiger partial charge in [0.1, 0.15) is 18.3 Å². The van der Waals surface area contributed by atoms with Gasteiger partial charge in [0, 0.05) is 6.54 Å². The lowest BCUT2D eigenvalue weighted by Gasteiger charge is -2.27. The first kappa shape index (κ1) is 18.4. The highest BCUT2D eigenvalue weighted by molar-refractivity contribution is 5.90. The Hall–Kier alpha value is -3.37. The molecule has 0 aliphatic carbocycles. The SMILES string of the molecule is COC(=O)NC[C@H]1CN(c2ccc(N3C=NN(C=O)CC3)c(F)c2)C(=O)O1. The fourth-order valence-corrected chi connectivity index (χ4v) is 2.72. The maximum absolute atomic E-state index is 14.6. The van der Waals surface area contributed by atoms with Gasteiger partial charge in [-0.2, -0.15) is 5.10 Å². The van der Waals surface area contributed by atoms with Crippen molar-refractivity contribution in [2.75, 3.05) is 43.1 Å². The Labute approximate surface area is 154 Å². The van der Waals surface area contributed by atoms with E-state index in [0.29, 0.717) is 25.2 Å². The van der Waals surface area contributed by atoms with E-state index in [4.69, 9.17) is 4.74 Å². The van der Waals surface area contributed by atoms with Gasteiger partial charge in [-0.15, -0.1) is 0 Å². The number of nitrogens with one attached hydrogen (secondary N) is 1. The molecule has 10 nitrogen and oxygen atoms in total. The van der Waals surface area contributed by atoms with Gasteiger partial charge in [-0.05, 0) is 18.2 Å². The molecule has 1 saturated heterocycles. The summed E-state index contributed by atoms with van der Waals surface area (Å²) in [6.45, 7) is 0.994. The molecule has 0 radical (unpaired) electrons. The summed E-state index contributed by atoms with van der Waals surface area (Å²) < 4.78 is 24.2. The number of hydrazone groups is 1. The first-order valence-corrected chi connectivity index (χ1v) is 8.14. The summed E-state index contributed by atoms with van der Waals surface area (Å²) in [4.78, 5) is 36.7. The second kappa shape index (κ2) is 7.89. The Morgan fingerprint density at radius 3 is 2.93 bits per heavy atom. The van der Waals surface area contributed by atoms with Crippen LogP contribution in [-0.2, 0) is 14.3 Å². The van der Waals surface area contributed by atoms with Crippen molar-refractivity contribution in [3.8, 4) is 0 Å². The Morgan fingerprint density at radius 1 is 1.48 bits per heavy atom. The topological polar surface area (TPSA) is 104 Å². The Bertz CT molecular complexity index is 774. The van der Waals surface area contributed by atoms with E-state index in [-0.39, 0.29) is 18.8 Å². The summed E-state index contributed by atoms with van der Waals surface area (Å²) in [6.07, 6.45) is 0.144. The molecule has 1 aromatic carbocycles. The minimum atomic E-state index is -0.628. The average Bonchev–Trinajstić information content (AvgIpc) is 3.06. The van der Waals surface area contributed by atoms with Crippen LogP contribution in [0.15, 0.2) is 23.3 Å². The number of anilines is 2. The molecule has 0 aromatic heterocycles. The third kappa shape index (κ3) is 4.07. The fourth-order valence-electron chi connectivity index (χ4n) is 2.72. The first-order valence-electron chi connectivity index (χ1n) is 8.14. The third-order valence-electron chi connectivity index (χ3n) is 4.12. The number of carbonyl (C=O) groups is 3. The maximum Gasteiger partial charge on any atom is 0.414 e. The lowest BCUT2D eigenvalue weighted by Crippen LogP contribution is -2.37. The highest BCUT2D eigenvalue weighted by Crippen LogP contribution is 2.28. The second-order valence-electron chi connectivity index (χ2n) is 5.82. The largest absolute Gasteiger partial charge is 0.453 e. The second-order valence-corrected chi connectivity index (χ2v) is 5.82. The Balaban J connectivity index is 1.68. The number of nitrogens with zero attached hydrogens (tertiary/aromatic N) is 4. The molecule has 2 aliphatic rings. The zero-order valence-electron chi connectivity index (χ0n) is 14.5. The average molecular weight is 379 g/mol. The van der Waals surface area contributed by atoms with Crippen molar-refractivity contribution in [2.24, 2.45) is 5.10 Å². The van der Waals surface area contributed by atoms with Crippen molar-refractivity contribution >= 4 is 36.3 Å². The zero-order chi connectivity index (χ0) is 19.4. The van der Waals surface area contributed by atoms with Crippen molar-refractivity contribution in [1.82, 2.24) is 10.3 Å². The monoisotopic (exact) mass is 379 g/mol.